The number of aromatic nitrogens is 6. The number of hydrogen-bond acceptors (Lipinski definition) is 6. The van der Waals surface area contributed by atoms with Gasteiger partial charge in [-0.25, -0.2) is 19.7 Å². The highest BCUT2D eigenvalue weighted by Gasteiger charge is 2.37. The normalized spacial score (nSPS) is 17.9. The van der Waals surface area contributed by atoms with E-state index in [1.54, 1.807) is 30.3 Å². The molecule has 0 amide bonds. The van der Waals surface area contributed by atoms with Crippen molar-refractivity contribution in [3.8, 4) is 11.4 Å². The van der Waals surface area contributed by atoms with E-state index in [9.17, 15) is 18.0 Å². The Kier molecular flexibility index (Phi) is 5.51. The molecule has 0 bridgehead atoms. The summed E-state index contributed by atoms with van der Waals surface area (Å²) in [6.45, 7) is 0.103. The lowest BCUT2D eigenvalue weighted by atomic mass is 10.1. The highest BCUT2D eigenvalue weighted by molar-refractivity contribution is 5.75. The predicted molar refractivity (Wildman–Crippen MR) is 122 cm³/mol. The summed E-state index contributed by atoms with van der Waals surface area (Å²) in [6.07, 6.45) is 2.19. The highest BCUT2D eigenvalue weighted by Crippen LogP contribution is 2.31. The summed E-state index contributed by atoms with van der Waals surface area (Å²) in [6, 6.07) is 6.61. The second kappa shape index (κ2) is 8.45. The number of rotatable bonds is 5. The van der Waals surface area contributed by atoms with Crippen molar-refractivity contribution in [2.75, 3.05) is 7.11 Å². The van der Waals surface area contributed by atoms with Crippen molar-refractivity contribution in [2.45, 2.75) is 18.7 Å². The van der Waals surface area contributed by atoms with E-state index < -0.39 is 23.5 Å². The van der Waals surface area contributed by atoms with Gasteiger partial charge in [0.15, 0.2) is 17.2 Å². The van der Waals surface area contributed by atoms with Crippen LogP contribution < -0.4 is 11.0 Å². The number of aryl methyl sites for hydroxylation is 1. The molecule has 36 heavy (non-hydrogen) atoms. The number of imidazole rings is 2. The first-order chi connectivity index (χ1) is 17.1. The molecule has 1 unspecified atom stereocenters. The molecule has 186 valence electrons. The molecular weight excluding hydrogens is 482 g/mol. The van der Waals surface area contributed by atoms with Crippen molar-refractivity contribution in [3.05, 3.63) is 82.6 Å². The molecule has 0 radical (unpaired) electrons. The topological polar surface area (TPSA) is 103 Å². The van der Waals surface area contributed by atoms with E-state index in [-0.39, 0.29) is 29.4 Å². The zero-order valence-electron chi connectivity index (χ0n) is 19.0. The first-order valence-electron chi connectivity index (χ1n) is 10.6. The van der Waals surface area contributed by atoms with Crippen molar-refractivity contribution >= 4 is 16.7 Å². The molecule has 1 aliphatic heterocycles. The first kappa shape index (κ1) is 23.5. The monoisotopic (exact) mass is 501 g/mol. The number of allylic oxidation sites excluding steroid dienone is 2. The Bertz CT molecular complexity index is 1560. The molecule has 0 saturated carbocycles. The van der Waals surface area contributed by atoms with Crippen molar-refractivity contribution in [3.63, 3.8) is 0 Å². The van der Waals surface area contributed by atoms with E-state index in [1.165, 1.54) is 41.8 Å². The summed E-state index contributed by atoms with van der Waals surface area (Å²) in [4.78, 5) is 27.5. The number of ether oxygens (including phenoxy) is 1. The van der Waals surface area contributed by atoms with Gasteiger partial charge in [0, 0.05) is 32.1 Å². The number of nitrogens with one attached hydrogen (secondary N) is 2. The Morgan fingerprint density at radius 2 is 1.92 bits per heavy atom. The number of aromatic amines is 1. The largest absolute Gasteiger partial charge is 0.434 e. The molecule has 4 heterocycles. The Labute approximate surface area is 200 Å². The molecule has 0 aliphatic carbocycles. The summed E-state index contributed by atoms with van der Waals surface area (Å²) in [5, 5.41) is 2.47. The van der Waals surface area contributed by atoms with Gasteiger partial charge in [-0.05, 0) is 17.7 Å². The lowest BCUT2D eigenvalue weighted by Gasteiger charge is -2.27. The Hall–Kier alpha value is -4.26. The van der Waals surface area contributed by atoms with Crippen LogP contribution in [0.25, 0.3) is 28.1 Å². The number of alkyl halides is 4. The lowest BCUT2D eigenvalue weighted by molar-refractivity contribution is -0.140. The van der Waals surface area contributed by atoms with Gasteiger partial charge in [0.05, 0.1) is 18.3 Å². The molecule has 0 saturated heterocycles. The van der Waals surface area contributed by atoms with Gasteiger partial charge in [0.2, 0.25) is 0 Å². The molecule has 4 aromatic rings. The summed E-state index contributed by atoms with van der Waals surface area (Å²) >= 11 is 0. The standard InChI is InChI=1S/C23H19F4N7O2/c1-33-12-17(22(24,25)26)31-19(33)14-7-5-13(6-8-14)11-34-20-16(30-21(34)35)10-28-18(32-20)15-4-3-9-29-23(15,27)36-2/h3-10,12,29H,11H2,1-2H3,(H,30,35). The number of dihydropyridines is 1. The van der Waals surface area contributed by atoms with Gasteiger partial charge in [0.25, 0.3) is 0 Å². The van der Waals surface area contributed by atoms with Crippen LogP contribution in [0.15, 0.2) is 59.8 Å². The fourth-order valence-electron chi connectivity index (χ4n) is 3.91. The summed E-state index contributed by atoms with van der Waals surface area (Å²) in [7, 11) is 2.68. The Morgan fingerprint density at radius 3 is 2.58 bits per heavy atom. The van der Waals surface area contributed by atoms with Gasteiger partial charge in [-0.2, -0.15) is 17.6 Å². The molecule has 2 N–H and O–H groups in total. The van der Waals surface area contributed by atoms with Crippen LogP contribution in [0.1, 0.15) is 17.1 Å². The minimum absolute atomic E-state index is 0.0297. The molecule has 1 aromatic carbocycles. The van der Waals surface area contributed by atoms with Gasteiger partial charge >= 0.3 is 17.8 Å². The molecule has 0 fully saturated rings. The fraction of sp³-hybridized carbons (Fsp3) is 0.217. The Morgan fingerprint density at radius 1 is 1.17 bits per heavy atom. The fourth-order valence-corrected chi connectivity index (χ4v) is 3.91. The molecule has 13 heteroatoms. The van der Waals surface area contributed by atoms with Gasteiger partial charge in [-0.3, -0.25) is 4.57 Å². The molecule has 1 atom stereocenters. The summed E-state index contributed by atoms with van der Waals surface area (Å²) < 4.78 is 61.7. The van der Waals surface area contributed by atoms with Gasteiger partial charge in [-0.15, -0.1) is 0 Å². The maximum absolute atomic E-state index is 15.1. The third kappa shape index (κ3) is 4.06. The number of fused-ring (bicyclic) bond motifs is 1. The van der Waals surface area contributed by atoms with Crippen LogP contribution >= 0.6 is 0 Å². The number of nitrogens with zero attached hydrogens (tertiary/aromatic N) is 5. The third-order valence-corrected chi connectivity index (χ3v) is 5.73. The van der Waals surface area contributed by atoms with Crippen LogP contribution in [-0.2, 0) is 24.5 Å². The molecule has 5 rings (SSSR count). The second-order valence-corrected chi connectivity index (χ2v) is 8.09. The number of benzene rings is 1. The van der Waals surface area contributed by atoms with Crippen molar-refractivity contribution in [1.29, 1.82) is 0 Å². The maximum atomic E-state index is 15.1. The minimum atomic E-state index is -4.54. The van der Waals surface area contributed by atoms with Gasteiger partial charge in [-0.1, -0.05) is 24.3 Å². The zero-order chi connectivity index (χ0) is 25.7. The maximum Gasteiger partial charge on any atom is 0.434 e. The number of methoxy groups -OCH3 is 1. The van der Waals surface area contributed by atoms with E-state index in [1.807, 2.05) is 0 Å². The second-order valence-electron chi connectivity index (χ2n) is 8.09. The minimum Gasteiger partial charge on any atom is -0.333 e. The van der Waals surface area contributed by atoms with Crippen LogP contribution in [0.2, 0.25) is 0 Å². The molecule has 0 spiro atoms. The number of halogens is 4. The summed E-state index contributed by atoms with van der Waals surface area (Å²) in [5.41, 5.74) is 0.383. The predicted octanol–water partition coefficient (Wildman–Crippen LogP) is 3.36. The van der Waals surface area contributed by atoms with Gasteiger partial charge < -0.3 is 19.6 Å². The highest BCUT2D eigenvalue weighted by atomic mass is 19.4. The molecule has 3 aromatic heterocycles. The van der Waals surface area contributed by atoms with Crippen LogP contribution in [0.3, 0.4) is 0 Å². The van der Waals surface area contributed by atoms with Crippen LogP contribution in [0, 0.1) is 0 Å². The van der Waals surface area contributed by atoms with Crippen LogP contribution in [0.4, 0.5) is 17.6 Å². The SMILES string of the molecule is COC1(F)NC=CC=C1c1ncc2[nH]c(=O)n(Cc3ccc(-c4nc(C(F)(F)F)cn4C)cc3)c2n1. The van der Waals surface area contributed by atoms with Crippen molar-refractivity contribution in [1.82, 2.24) is 34.4 Å². The smallest absolute Gasteiger partial charge is 0.333 e. The van der Waals surface area contributed by atoms with E-state index in [2.05, 4.69) is 25.3 Å². The molecule has 9 nitrogen and oxygen atoms in total. The van der Waals surface area contributed by atoms with Crippen LogP contribution in [0.5, 0.6) is 0 Å². The van der Waals surface area contributed by atoms with E-state index in [0.29, 0.717) is 16.6 Å². The quantitative estimate of drug-likeness (QED) is 0.321. The number of H-pyrrole nitrogens is 1. The van der Waals surface area contributed by atoms with Crippen molar-refractivity contribution in [2.24, 2.45) is 7.05 Å². The van der Waals surface area contributed by atoms with E-state index >= 15 is 4.39 Å². The Balaban J connectivity index is 1.47. The summed E-state index contributed by atoms with van der Waals surface area (Å²) in [5.74, 6) is -2.15. The first-order valence-corrected chi connectivity index (χ1v) is 10.6. The molecule has 1 aliphatic rings. The number of hydrogen-bond donors (Lipinski definition) is 2. The lowest BCUT2D eigenvalue weighted by Crippen LogP contribution is -2.42. The average molecular weight is 501 g/mol. The van der Waals surface area contributed by atoms with Crippen molar-refractivity contribution < 1.29 is 22.3 Å². The van der Waals surface area contributed by atoms with E-state index in [0.717, 1.165) is 6.20 Å². The van der Waals surface area contributed by atoms with Gasteiger partial charge in [0.1, 0.15) is 11.3 Å². The third-order valence-electron chi connectivity index (χ3n) is 5.73. The molecular formula is C23H19F4N7O2. The average Bonchev–Trinajstić information content (AvgIpc) is 3.39. The van der Waals surface area contributed by atoms with E-state index in [4.69, 9.17) is 4.74 Å². The zero-order valence-corrected chi connectivity index (χ0v) is 19.0. The van der Waals surface area contributed by atoms with Crippen LogP contribution in [-0.4, -0.2) is 42.2 Å².